The number of piperazine rings is 1. The predicted molar refractivity (Wildman–Crippen MR) is 123 cm³/mol. The van der Waals surface area contributed by atoms with Gasteiger partial charge in [0.25, 0.3) is 5.56 Å². The second-order valence-electron chi connectivity index (χ2n) is 8.27. The Morgan fingerprint density at radius 3 is 2.28 bits per heavy atom. The van der Waals surface area contributed by atoms with E-state index in [9.17, 15) is 14.0 Å². The van der Waals surface area contributed by atoms with Gasteiger partial charge in [-0.15, -0.1) is 0 Å². The summed E-state index contributed by atoms with van der Waals surface area (Å²) in [5, 5.41) is 5.12. The molecule has 1 fully saturated rings. The van der Waals surface area contributed by atoms with Gasteiger partial charge in [0.2, 0.25) is 5.91 Å². The van der Waals surface area contributed by atoms with Crippen molar-refractivity contribution in [2.45, 2.75) is 19.4 Å². The van der Waals surface area contributed by atoms with E-state index in [0.717, 1.165) is 5.69 Å². The van der Waals surface area contributed by atoms with E-state index in [0.29, 0.717) is 42.5 Å². The molecule has 1 aliphatic rings. The number of benzene rings is 2. The Bertz CT molecular complexity index is 1190. The monoisotopic (exact) mass is 454 g/mol. The fraction of sp³-hybridized carbons (Fsp3) is 0.292. The lowest BCUT2D eigenvalue weighted by Gasteiger charge is -2.39. The van der Waals surface area contributed by atoms with Crippen LogP contribution in [0.15, 0.2) is 65.5 Å². The van der Waals surface area contributed by atoms with Crippen LogP contribution in [0.1, 0.15) is 13.8 Å². The first-order valence-corrected chi connectivity index (χ1v) is 10.8. The number of hydrogen-bond donors (Lipinski definition) is 0. The minimum absolute atomic E-state index is 0.179. The molecule has 0 unspecified atom stereocenters. The van der Waals surface area contributed by atoms with Gasteiger partial charge in [0, 0.05) is 37.8 Å². The summed E-state index contributed by atoms with van der Waals surface area (Å²) in [6, 6.07) is 16.5. The lowest BCUT2D eigenvalue weighted by molar-refractivity contribution is -0.140. The fourth-order valence-electron chi connectivity index (χ4n) is 3.92. The highest BCUT2D eigenvalue weighted by molar-refractivity contribution is 6.33. The summed E-state index contributed by atoms with van der Waals surface area (Å²) in [6.07, 6.45) is 0. The van der Waals surface area contributed by atoms with Gasteiger partial charge in [-0.2, -0.15) is 5.10 Å². The topological polar surface area (TPSA) is 58.4 Å². The summed E-state index contributed by atoms with van der Waals surface area (Å²) in [5.74, 6) is -0.532. The number of amides is 1. The van der Waals surface area contributed by atoms with E-state index in [1.807, 2.05) is 24.3 Å². The fourth-order valence-corrected chi connectivity index (χ4v) is 4.18. The molecule has 166 valence electrons. The normalized spacial score (nSPS) is 14.5. The molecule has 8 heteroatoms. The van der Waals surface area contributed by atoms with Gasteiger partial charge in [-0.1, -0.05) is 23.7 Å². The molecule has 0 spiro atoms. The van der Waals surface area contributed by atoms with Gasteiger partial charge in [-0.25, -0.2) is 9.07 Å². The van der Waals surface area contributed by atoms with Crippen LogP contribution in [0.4, 0.5) is 10.1 Å². The first-order chi connectivity index (χ1) is 15.3. The molecular weight excluding hydrogens is 431 g/mol. The lowest BCUT2D eigenvalue weighted by atomic mass is 10.0. The van der Waals surface area contributed by atoms with E-state index in [1.165, 1.54) is 22.9 Å². The highest BCUT2D eigenvalue weighted by atomic mass is 35.5. The summed E-state index contributed by atoms with van der Waals surface area (Å²) in [7, 11) is 0. The summed E-state index contributed by atoms with van der Waals surface area (Å²) in [4.78, 5) is 29.9. The Kier molecular flexibility index (Phi) is 6.02. The van der Waals surface area contributed by atoms with Gasteiger partial charge in [-0.05, 0) is 56.3 Å². The molecule has 1 amide bonds. The average Bonchev–Trinajstić information content (AvgIpc) is 2.80. The number of anilines is 1. The van der Waals surface area contributed by atoms with Crippen molar-refractivity contribution in [2.75, 3.05) is 31.1 Å². The standard InChI is InChI=1S/C24H24ClFN4O2/c1-24(2,30-22(31)12-11-20(27-30)17-7-9-18(26)10-8-17)23(32)29-15-13-28(14-16-29)21-6-4-3-5-19(21)25/h3-12H,13-16H2,1-2H3. The number of halogens is 2. The highest BCUT2D eigenvalue weighted by Crippen LogP contribution is 2.27. The van der Waals surface area contributed by atoms with E-state index >= 15 is 0 Å². The summed E-state index contributed by atoms with van der Waals surface area (Å²) in [6.45, 7) is 5.70. The number of para-hydroxylation sites is 1. The van der Waals surface area contributed by atoms with Gasteiger partial charge >= 0.3 is 0 Å². The molecule has 3 aromatic rings. The van der Waals surface area contributed by atoms with Crippen molar-refractivity contribution >= 4 is 23.2 Å². The largest absolute Gasteiger partial charge is 0.367 e. The molecule has 1 saturated heterocycles. The minimum atomic E-state index is -1.18. The summed E-state index contributed by atoms with van der Waals surface area (Å²) < 4.78 is 14.5. The van der Waals surface area contributed by atoms with Crippen LogP contribution in [0.25, 0.3) is 11.3 Å². The smallest absolute Gasteiger partial charge is 0.267 e. The van der Waals surface area contributed by atoms with Crippen LogP contribution in [0, 0.1) is 5.82 Å². The number of rotatable bonds is 4. The van der Waals surface area contributed by atoms with Gasteiger partial charge in [0.1, 0.15) is 11.4 Å². The van der Waals surface area contributed by atoms with Crippen LogP contribution >= 0.6 is 11.6 Å². The van der Waals surface area contributed by atoms with Crippen molar-refractivity contribution < 1.29 is 9.18 Å². The molecule has 1 aliphatic heterocycles. The molecule has 2 aromatic carbocycles. The number of hydrogen-bond acceptors (Lipinski definition) is 4. The number of aromatic nitrogens is 2. The molecule has 32 heavy (non-hydrogen) atoms. The number of carbonyl (C=O) groups excluding carboxylic acids is 1. The SMILES string of the molecule is CC(C)(C(=O)N1CCN(c2ccccc2Cl)CC1)n1nc(-c2ccc(F)cc2)ccc1=O. The van der Waals surface area contributed by atoms with Crippen LogP contribution in [0.5, 0.6) is 0 Å². The van der Waals surface area contributed by atoms with Gasteiger partial charge < -0.3 is 9.80 Å². The van der Waals surface area contributed by atoms with Crippen molar-refractivity contribution in [2.24, 2.45) is 0 Å². The molecule has 1 aromatic heterocycles. The van der Waals surface area contributed by atoms with Crippen LogP contribution in [0.3, 0.4) is 0 Å². The lowest BCUT2D eigenvalue weighted by Crippen LogP contribution is -2.56. The Hall–Kier alpha value is -3.19. The highest BCUT2D eigenvalue weighted by Gasteiger charge is 2.37. The molecule has 6 nitrogen and oxygen atoms in total. The Morgan fingerprint density at radius 2 is 1.62 bits per heavy atom. The van der Waals surface area contributed by atoms with Crippen molar-refractivity contribution in [3.8, 4) is 11.3 Å². The molecule has 0 N–H and O–H groups in total. The van der Waals surface area contributed by atoms with Gasteiger partial charge in [-0.3, -0.25) is 9.59 Å². The minimum Gasteiger partial charge on any atom is -0.367 e. The van der Waals surface area contributed by atoms with Crippen LogP contribution in [-0.4, -0.2) is 46.8 Å². The Balaban J connectivity index is 1.54. The van der Waals surface area contributed by atoms with Crippen LogP contribution < -0.4 is 10.5 Å². The zero-order valence-corrected chi connectivity index (χ0v) is 18.7. The van der Waals surface area contributed by atoms with E-state index in [4.69, 9.17) is 11.6 Å². The second kappa shape index (κ2) is 8.74. The quantitative estimate of drug-likeness (QED) is 0.602. The summed E-state index contributed by atoms with van der Waals surface area (Å²) >= 11 is 6.31. The first-order valence-electron chi connectivity index (χ1n) is 10.4. The van der Waals surface area contributed by atoms with E-state index in [1.54, 1.807) is 36.9 Å². The van der Waals surface area contributed by atoms with Gasteiger partial charge in [0.05, 0.1) is 16.4 Å². The number of carbonyl (C=O) groups is 1. The molecule has 4 rings (SSSR count). The third-order valence-electron chi connectivity index (χ3n) is 5.75. The van der Waals surface area contributed by atoms with E-state index in [-0.39, 0.29) is 17.3 Å². The molecule has 0 aliphatic carbocycles. The van der Waals surface area contributed by atoms with Crippen LogP contribution in [-0.2, 0) is 10.3 Å². The predicted octanol–water partition coefficient (Wildman–Crippen LogP) is 3.79. The molecule has 0 radical (unpaired) electrons. The molecule has 2 heterocycles. The van der Waals surface area contributed by atoms with Crippen LogP contribution in [0.2, 0.25) is 5.02 Å². The van der Waals surface area contributed by atoms with Crippen molar-refractivity contribution in [1.29, 1.82) is 0 Å². The second-order valence-corrected chi connectivity index (χ2v) is 8.67. The molecular formula is C24H24ClFN4O2. The third-order valence-corrected chi connectivity index (χ3v) is 6.07. The maximum atomic E-state index is 13.4. The maximum Gasteiger partial charge on any atom is 0.267 e. The zero-order chi connectivity index (χ0) is 22.9. The zero-order valence-electron chi connectivity index (χ0n) is 18.0. The van der Waals surface area contributed by atoms with E-state index < -0.39 is 5.54 Å². The first kappa shape index (κ1) is 22.0. The molecule has 0 bridgehead atoms. The van der Waals surface area contributed by atoms with Crippen molar-refractivity contribution in [1.82, 2.24) is 14.7 Å². The molecule has 0 saturated carbocycles. The van der Waals surface area contributed by atoms with Crippen molar-refractivity contribution in [3.05, 3.63) is 81.9 Å². The van der Waals surface area contributed by atoms with Gasteiger partial charge in [0.15, 0.2) is 0 Å². The van der Waals surface area contributed by atoms with Crippen molar-refractivity contribution in [3.63, 3.8) is 0 Å². The average molecular weight is 455 g/mol. The number of nitrogens with zero attached hydrogens (tertiary/aromatic N) is 4. The third kappa shape index (κ3) is 4.25. The maximum absolute atomic E-state index is 13.4. The Labute approximate surface area is 190 Å². The Morgan fingerprint density at radius 1 is 0.969 bits per heavy atom. The van der Waals surface area contributed by atoms with E-state index in [2.05, 4.69) is 10.00 Å². The summed E-state index contributed by atoms with van der Waals surface area (Å²) in [5.41, 5.74) is 0.555. The molecule has 0 atom stereocenters.